The zero-order valence-corrected chi connectivity index (χ0v) is 9.07. The first-order valence-corrected chi connectivity index (χ1v) is 5.24. The second kappa shape index (κ2) is 7.90. The predicted molar refractivity (Wildman–Crippen MR) is 58.4 cm³/mol. The van der Waals surface area contributed by atoms with Crippen molar-refractivity contribution in [2.24, 2.45) is 0 Å². The molecule has 0 aromatic rings. The Hall–Kier alpha value is -0.720. The van der Waals surface area contributed by atoms with Crippen LogP contribution < -0.4 is 0 Å². The third-order valence-corrected chi connectivity index (χ3v) is 1.91. The molecule has 1 nitrogen and oxygen atoms in total. The number of hydrogen-bond donors (Lipinski definition) is 0. The van der Waals surface area contributed by atoms with Gasteiger partial charge in [-0.2, -0.15) is 0 Å². The van der Waals surface area contributed by atoms with Gasteiger partial charge in [0.15, 0.2) is 0 Å². The molecule has 13 heavy (non-hydrogen) atoms. The van der Waals surface area contributed by atoms with Gasteiger partial charge in [-0.25, -0.2) is 0 Å². The van der Waals surface area contributed by atoms with Crippen molar-refractivity contribution < 1.29 is 4.74 Å². The number of rotatable bonds is 8. The average Bonchev–Trinajstić information content (AvgIpc) is 2.11. The van der Waals surface area contributed by atoms with Gasteiger partial charge in [0, 0.05) is 12.8 Å². The summed E-state index contributed by atoms with van der Waals surface area (Å²) in [6, 6.07) is 0. The lowest BCUT2D eigenvalue weighted by molar-refractivity contribution is 0.276. The van der Waals surface area contributed by atoms with E-state index in [0.29, 0.717) is 0 Å². The number of unbranched alkanes of at least 4 members (excludes halogenated alkanes) is 2. The maximum absolute atomic E-state index is 5.47. The third-order valence-electron chi connectivity index (χ3n) is 1.91. The van der Waals surface area contributed by atoms with Crippen molar-refractivity contribution in [1.82, 2.24) is 0 Å². The first kappa shape index (κ1) is 12.3. The van der Waals surface area contributed by atoms with Gasteiger partial charge in [-0.15, -0.1) is 0 Å². The molecule has 0 aliphatic heterocycles. The summed E-state index contributed by atoms with van der Waals surface area (Å²) in [5.74, 6) is 1.73. The standard InChI is InChI=1S/C12H22O/c1-5-7-9-11(3)13-12(4)10-8-6-2/h3-10H2,1-2H3. The normalized spacial score (nSPS) is 9.69. The van der Waals surface area contributed by atoms with Crippen LogP contribution in [0.3, 0.4) is 0 Å². The first-order chi connectivity index (χ1) is 6.20. The minimum Gasteiger partial charge on any atom is -0.467 e. The monoisotopic (exact) mass is 182 g/mol. The second-order valence-electron chi connectivity index (χ2n) is 3.39. The fourth-order valence-corrected chi connectivity index (χ4v) is 1.05. The second-order valence-corrected chi connectivity index (χ2v) is 3.39. The summed E-state index contributed by atoms with van der Waals surface area (Å²) in [7, 11) is 0. The van der Waals surface area contributed by atoms with Crippen molar-refractivity contribution in [1.29, 1.82) is 0 Å². The van der Waals surface area contributed by atoms with Crippen LogP contribution in [0.5, 0.6) is 0 Å². The smallest absolute Gasteiger partial charge is 0.0964 e. The summed E-state index contributed by atoms with van der Waals surface area (Å²) in [6.07, 6.45) is 6.59. The molecule has 0 aromatic carbocycles. The van der Waals surface area contributed by atoms with Crippen LogP contribution in [0.4, 0.5) is 0 Å². The molecule has 0 aromatic heterocycles. The van der Waals surface area contributed by atoms with E-state index >= 15 is 0 Å². The van der Waals surface area contributed by atoms with Gasteiger partial charge in [-0.05, 0) is 12.8 Å². The molecule has 0 heterocycles. The van der Waals surface area contributed by atoms with E-state index in [1.807, 2.05) is 0 Å². The largest absolute Gasteiger partial charge is 0.467 e. The molecule has 0 fully saturated rings. The Morgan fingerprint density at radius 3 is 1.62 bits per heavy atom. The molecule has 0 amide bonds. The molecule has 0 saturated carbocycles. The molecule has 0 bridgehead atoms. The van der Waals surface area contributed by atoms with Crippen LogP contribution in [0.2, 0.25) is 0 Å². The Morgan fingerprint density at radius 1 is 0.923 bits per heavy atom. The molecule has 0 radical (unpaired) electrons. The zero-order chi connectivity index (χ0) is 10.1. The lowest BCUT2D eigenvalue weighted by Crippen LogP contribution is -1.91. The maximum Gasteiger partial charge on any atom is 0.0964 e. The average molecular weight is 182 g/mol. The van der Waals surface area contributed by atoms with Gasteiger partial charge < -0.3 is 4.74 Å². The van der Waals surface area contributed by atoms with Crippen LogP contribution in [-0.4, -0.2) is 0 Å². The van der Waals surface area contributed by atoms with Crippen LogP contribution in [0.25, 0.3) is 0 Å². The molecule has 0 rings (SSSR count). The summed E-state index contributed by atoms with van der Waals surface area (Å²) in [5.41, 5.74) is 0. The molecule has 76 valence electrons. The van der Waals surface area contributed by atoms with Crippen molar-refractivity contribution >= 4 is 0 Å². The molecular weight excluding hydrogens is 160 g/mol. The van der Waals surface area contributed by atoms with Crippen molar-refractivity contribution in [3.8, 4) is 0 Å². The highest BCUT2D eigenvalue weighted by Gasteiger charge is 1.98. The summed E-state index contributed by atoms with van der Waals surface area (Å²) >= 11 is 0. The predicted octanol–water partition coefficient (Wildman–Crippen LogP) is 4.41. The van der Waals surface area contributed by atoms with E-state index in [0.717, 1.165) is 37.2 Å². The minimum absolute atomic E-state index is 0.864. The van der Waals surface area contributed by atoms with E-state index in [4.69, 9.17) is 4.74 Å². The molecule has 0 N–H and O–H groups in total. The van der Waals surface area contributed by atoms with E-state index in [1.165, 1.54) is 12.8 Å². The molecular formula is C12H22O. The van der Waals surface area contributed by atoms with Gasteiger partial charge in [0.1, 0.15) is 0 Å². The summed E-state index contributed by atoms with van der Waals surface area (Å²) in [4.78, 5) is 0. The lowest BCUT2D eigenvalue weighted by Gasteiger charge is -2.10. The third kappa shape index (κ3) is 7.63. The van der Waals surface area contributed by atoms with Gasteiger partial charge in [0.05, 0.1) is 11.5 Å². The van der Waals surface area contributed by atoms with Crippen molar-refractivity contribution in [3.05, 3.63) is 24.7 Å². The molecule has 0 saturated heterocycles. The van der Waals surface area contributed by atoms with E-state index < -0.39 is 0 Å². The number of ether oxygens (including phenoxy) is 1. The van der Waals surface area contributed by atoms with Gasteiger partial charge in [0.25, 0.3) is 0 Å². The van der Waals surface area contributed by atoms with Crippen LogP contribution in [0, 0.1) is 0 Å². The van der Waals surface area contributed by atoms with E-state index in [9.17, 15) is 0 Å². The van der Waals surface area contributed by atoms with Gasteiger partial charge in [-0.1, -0.05) is 39.8 Å². The summed E-state index contributed by atoms with van der Waals surface area (Å²) in [6.45, 7) is 12.0. The Kier molecular flexibility index (Phi) is 7.47. The Morgan fingerprint density at radius 2 is 1.31 bits per heavy atom. The van der Waals surface area contributed by atoms with Crippen molar-refractivity contribution in [2.45, 2.75) is 52.4 Å². The Balaban J connectivity index is 3.47. The molecule has 0 aliphatic carbocycles. The highest BCUT2D eigenvalue weighted by molar-refractivity contribution is 4.92. The molecule has 0 spiro atoms. The quantitative estimate of drug-likeness (QED) is 0.505. The SMILES string of the molecule is C=C(CCCC)OC(=C)CCCC. The minimum atomic E-state index is 0.864. The fraction of sp³-hybridized carbons (Fsp3) is 0.667. The molecule has 0 unspecified atom stereocenters. The Labute approximate surface area is 82.5 Å². The lowest BCUT2D eigenvalue weighted by atomic mass is 10.2. The van der Waals surface area contributed by atoms with Gasteiger partial charge in [-0.3, -0.25) is 0 Å². The van der Waals surface area contributed by atoms with Crippen molar-refractivity contribution in [3.63, 3.8) is 0 Å². The first-order valence-electron chi connectivity index (χ1n) is 5.24. The van der Waals surface area contributed by atoms with E-state index in [2.05, 4.69) is 27.0 Å². The molecule has 0 atom stereocenters. The van der Waals surface area contributed by atoms with E-state index in [-0.39, 0.29) is 0 Å². The van der Waals surface area contributed by atoms with Crippen molar-refractivity contribution in [2.75, 3.05) is 0 Å². The summed E-state index contributed by atoms with van der Waals surface area (Å²) in [5, 5.41) is 0. The van der Waals surface area contributed by atoms with Crippen LogP contribution in [-0.2, 0) is 4.74 Å². The van der Waals surface area contributed by atoms with E-state index in [1.54, 1.807) is 0 Å². The van der Waals surface area contributed by atoms with Gasteiger partial charge in [0.2, 0.25) is 0 Å². The zero-order valence-electron chi connectivity index (χ0n) is 9.07. The highest BCUT2D eigenvalue weighted by atomic mass is 16.5. The van der Waals surface area contributed by atoms with Gasteiger partial charge >= 0.3 is 0 Å². The maximum atomic E-state index is 5.47. The highest BCUT2D eigenvalue weighted by Crippen LogP contribution is 2.14. The fourth-order valence-electron chi connectivity index (χ4n) is 1.05. The van der Waals surface area contributed by atoms with Crippen LogP contribution >= 0.6 is 0 Å². The molecule has 0 aliphatic rings. The molecule has 1 heteroatoms. The topological polar surface area (TPSA) is 9.23 Å². The van der Waals surface area contributed by atoms with Crippen LogP contribution in [0.1, 0.15) is 52.4 Å². The Bertz CT molecular complexity index is 141. The number of allylic oxidation sites excluding steroid dienone is 2. The number of hydrogen-bond acceptors (Lipinski definition) is 1. The van der Waals surface area contributed by atoms with Crippen LogP contribution in [0.15, 0.2) is 24.7 Å². The summed E-state index contributed by atoms with van der Waals surface area (Å²) < 4.78 is 5.47.